The number of nitrogens with one attached hydrogen (secondary N) is 1. The Morgan fingerprint density at radius 2 is 2.22 bits per heavy atom. The van der Waals surface area contributed by atoms with Gasteiger partial charge in [0.15, 0.2) is 5.82 Å². The fourth-order valence-corrected chi connectivity index (χ4v) is 2.63. The average Bonchev–Trinajstić information content (AvgIpc) is 2.46. The molecule has 0 saturated heterocycles. The van der Waals surface area contributed by atoms with E-state index in [9.17, 15) is 0 Å². The van der Waals surface area contributed by atoms with Crippen molar-refractivity contribution in [3.63, 3.8) is 0 Å². The van der Waals surface area contributed by atoms with Crippen molar-refractivity contribution in [1.82, 2.24) is 9.97 Å². The van der Waals surface area contributed by atoms with E-state index in [1.807, 2.05) is 6.92 Å². The van der Waals surface area contributed by atoms with Gasteiger partial charge in [-0.3, -0.25) is 0 Å². The predicted octanol–water partition coefficient (Wildman–Crippen LogP) is 2.42. The molecule has 0 bridgehead atoms. The first-order chi connectivity index (χ1) is 8.85. The number of rotatable bonds is 5. The summed E-state index contributed by atoms with van der Waals surface area (Å²) in [6.07, 6.45) is 8.03. The van der Waals surface area contributed by atoms with Crippen LogP contribution in [0.4, 0.5) is 5.82 Å². The molecule has 1 aromatic heterocycles. The van der Waals surface area contributed by atoms with Crippen LogP contribution in [0.15, 0.2) is 12.3 Å². The molecule has 5 nitrogen and oxygen atoms in total. The minimum Gasteiger partial charge on any atom is -0.370 e. The summed E-state index contributed by atoms with van der Waals surface area (Å²) < 4.78 is 5.87. The van der Waals surface area contributed by atoms with Crippen LogP contribution in [0.2, 0.25) is 0 Å². The van der Waals surface area contributed by atoms with Gasteiger partial charge in [-0.05, 0) is 25.7 Å². The summed E-state index contributed by atoms with van der Waals surface area (Å²) in [7, 11) is 0. The Morgan fingerprint density at radius 1 is 1.44 bits per heavy atom. The van der Waals surface area contributed by atoms with E-state index in [1.165, 1.54) is 32.1 Å². The van der Waals surface area contributed by atoms with E-state index in [2.05, 4.69) is 15.4 Å². The van der Waals surface area contributed by atoms with Gasteiger partial charge in [-0.2, -0.15) is 0 Å². The van der Waals surface area contributed by atoms with Gasteiger partial charge in [0.25, 0.3) is 0 Å². The van der Waals surface area contributed by atoms with Crippen molar-refractivity contribution in [2.75, 3.05) is 12.0 Å². The third kappa shape index (κ3) is 3.17. The van der Waals surface area contributed by atoms with Gasteiger partial charge in [0.05, 0.1) is 0 Å². The molecule has 3 N–H and O–H groups in total. The van der Waals surface area contributed by atoms with Crippen molar-refractivity contribution in [1.29, 1.82) is 0 Å². The molecule has 0 amide bonds. The first kappa shape index (κ1) is 13.2. The lowest BCUT2D eigenvalue weighted by molar-refractivity contribution is -0.000103. The maximum atomic E-state index is 5.87. The number of anilines is 1. The first-order valence-electron chi connectivity index (χ1n) is 6.76. The third-order valence-electron chi connectivity index (χ3n) is 3.50. The molecule has 0 aliphatic heterocycles. The van der Waals surface area contributed by atoms with Crippen molar-refractivity contribution in [3.8, 4) is 0 Å². The van der Waals surface area contributed by atoms with Gasteiger partial charge in [-0.25, -0.2) is 15.8 Å². The zero-order chi connectivity index (χ0) is 12.8. The monoisotopic (exact) mass is 250 g/mol. The first-order valence-corrected chi connectivity index (χ1v) is 6.76. The summed E-state index contributed by atoms with van der Waals surface area (Å²) in [6, 6.07) is 1.76. The number of nitrogens with two attached hydrogens (primary N) is 1. The molecule has 1 unspecified atom stereocenters. The topological polar surface area (TPSA) is 73.1 Å². The highest BCUT2D eigenvalue weighted by Crippen LogP contribution is 2.35. The molecule has 1 heterocycles. The zero-order valence-electron chi connectivity index (χ0n) is 10.9. The molecule has 0 radical (unpaired) electrons. The van der Waals surface area contributed by atoms with E-state index in [0.29, 0.717) is 18.3 Å². The standard InChI is InChI=1S/C13H22N4O/c1-2-18-12(10-6-4-3-5-7-10)13-15-9-8-11(16-13)17-14/h8-10,12H,2-7,14H2,1H3,(H,15,16,17). The molecule has 1 atom stereocenters. The second-order valence-electron chi connectivity index (χ2n) is 4.72. The van der Waals surface area contributed by atoms with Gasteiger partial charge in [0.1, 0.15) is 11.9 Å². The molecule has 5 heteroatoms. The van der Waals surface area contributed by atoms with E-state index >= 15 is 0 Å². The highest BCUT2D eigenvalue weighted by molar-refractivity contribution is 5.31. The SMILES string of the molecule is CCOC(c1nccc(NN)n1)C1CCCCC1. The summed E-state index contributed by atoms with van der Waals surface area (Å²) in [5.74, 6) is 7.31. The van der Waals surface area contributed by atoms with Gasteiger partial charge < -0.3 is 10.2 Å². The van der Waals surface area contributed by atoms with Crippen LogP contribution in [0.5, 0.6) is 0 Å². The highest BCUT2D eigenvalue weighted by atomic mass is 16.5. The molecule has 0 spiro atoms. The number of aromatic nitrogens is 2. The molecule has 1 aromatic rings. The Balaban J connectivity index is 2.16. The second kappa shape index (κ2) is 6.66. The van der Waals surface area contributed by atoms with E-state index < -0.39 is 0 Å². The molecule has 2 rings (SSSR count). The Hall–Kier alpha value is -1.20. The minimum atomic E-state index is 0.00333. The molecule has 100 valence electrons. The normalized spacial score (nSPS) is 18.6. The number of hydrogen-bond acceptors (Lipinski definition) is 5. The summed E-state index contributed by atoms with van der Waals surface area (Å²) >= 11 is 0. The number of nitrogen functional groups attached to an aromatic ring is 1. The van der Waals surface area contributed by atoms with Crippen molar-refractivity contribution in [2.45, 2.75) is 45.1 Å². The van der Waals surface area contributed by atoms with Crippen LogP contribution in [-0.2, 0) is 4.74 Å². The molecule has 1 fully saturated rings. The highest BCUT2D eigenvalue weighted by Gasteiger charge is 2.27. The van der Waals surface area contributed by atoms with Crippen molar-refractivity contribution in [2.24, 2.45) is 11.8 Å². The Kier molecular flexibility index (Phi) is 4.90. The number of nitrogens with zero attached hydrogens (tertiary/aromatic N) is 2. The van der Waals surface area contributed by atoms with Crippen LogP contribution in [0.3, 0.4) is 0 Å². The molecular formula is C13H22N4O. The number of hydrogen-bond donors (Lipinski definition) is 2. The van der Waals surface area contributed by atoms with Gasteiger partial charge in [-0.15, -0.1) is 0 Å². The van der Waals surface area contributed by atoms with Gasteiger partial charge >= 0.3 is 0 Å². The van der Waals surface area contributed by atoms with Gasteiger partial charge in [-0.1, -0.05) is 19.3 Å². The Bertz CT molecular complexity index is 366. The van der Waals surface area contributed by atoms with Crippen molar-refractivity contribution >= 4 is 5.82 Å². The van der Waals surface area contributed by atoms with E-state index in [1.54, 1.807) is 12.3 Å². The maximum Gasteiger partial charge on any atom is 0.159 e. The molecule has 1 aliphatic carbocycles. The summed E-state index contributed by atoms with van der Waals surface area (Å²) in [5.41, 5.74) is 2.56. The lowest BCUT2D eigenvalue weighted by atomic mass is 9.85. The average molecular weight is 250 g/mol. The number of ether oxygens (including phenoxy) is 1. The van der Waals surface area contributed by atoms with Crippen molar-refractivity contribution < 1.29 is 4.74 Å². The summed E-state index contributed by atoms with van der Waals surface area (Å²) in [6.45, 7) is 2.70. The Morgan fingerprint density at radius 3 is 2.89 bits per heavy atom. The zero-order valence-corrected chi connectivity index (χ0v) is 10.9. The van der Waals surface area contributed by atoms with Crippen LogP contribution >= 0.6 is 0 Å². The van der Waals surface area contributed by atoms with Crippen LogP contribution < -0.4 is 11.3 Å². The quantitative estimate of drug-likeness (QED) is 0.620. The Labute approximate surface area is 108 Å². The van der Waals surface area contributed by atoms with Crippen LogP contribution in [0, 0.1) is 5.92 Å². The fourth-order valence-electron chi connectivity index (χ4n) is 2.63. The molecular weight excluding hydrogens is 228 g/mol. The largest absolute Gasteiger partial charge is 0.370 e. The summed E-state index contributed by atoms with van der Waals surface area (Å²) in [5, 5.41) is 0. The minimum absolute atomic E-state index is 0.00333. The smallest absolute Gasteiger partial charge is 0.159 e. The predicted molar refractivity (Wildman–Crippen MR) is 70.8 cm³/mol. The lowest BCUT2D eigenvalue weighted by Crippen LogP contribution is -2.22. The van der Waals surface area contributed by atoms with E-state index in [4.69, 9.17) is 10.6 Å². The lowest BCUT2D eigenvalue weighted by Gasteiger charge is -2.29. The van der Waals surface area contributed by atoms with E-state index in [0.717, 1.165) is 5.82 Å². The molecule has 1 aliphatic rings. The third-order valence-corrected chi connectivity index (χ3v) is 3.50. The van der Waals surface area contributed by atoms with Gasteiger partial charge in [0.2, 0.25) is 0 Å². The van der Waals surface area contributed by atoms with Crippen LogP contribution in [0.1, 0.15) is 51.0 Å². The van der Waals surface area contributed by atoms with Crippen LogP contribution in [0.25, 0.3) is 0 Å². The van der Waals surface area contributed by atoms with E-state index in [-0.39, 0.29) is 6.10 Å². The van der Waals surface area contributed by atoms with Gasteiger partial charge in [0, 0.05) is 18.9 Å². The molecule has 18 heavy (non-hydrogen) atoms. The fraction of sp³-hybridized carbons (Fsp3) is 0.692. The second-order valence-corrected chi connectivity index (χ2v) is 4.72. The summed E-state index contributed by atoms with van der Waals surface area (Å²) in [4.78, 5) is 8.76. The number of hydrazine groups is 1. The maximum absolute atomic E-state index is 5.87. The molecule has 0 aromatic carbocycles. The van der Waals surface area contributed by atoms with Crippen molar-refractivity contribution in [3.05, 3.63) is 18.1 Å². The molecule has 1 saturated carbocycles. The van der Waals surface area contributed by atoms with Crippen LogP contribution in [-0.4, -0.2) is 16.6 Å².